The molecule has 7 heteroatoms. The average molecular weight is 274 g/mol. The number of carbonyl (C=O) groups excluding carboxylic acids is 1. The Morgan fingerprint density at radius 2 is 2.35 bits per heavy atom. The molecular weight excluding hydrogens is 256 g/mol. The summed E-state index contributed by atoms with van der Waals surface area (Å²) in [6.45, 7) is 3.80. The Labute approximate surface area is 110 Å². The smallest absolute Gasteiger partial charge is 0.247 e. The Morgan fingerprint density at radius 1 is 1.65 bits per heavy atom. The highest BCUT2D eigenvalue weighted by atomic mass is 32.2. The molecule has 1 atom stereocenters. The summed E-state index contributed by atoms with van der Waals surface area (Å²) >= 11 is 3.17. The SMILES string of the molecule is CSCCc1nc(SC(C)C(=O)NN)[nH]c1C. The van der Waals surface area contributed by atoms with Crippen molar-refractivity contribution in [3.8, 4) is 0 Å². The molecule has 0 bridgehead atoms. The number of aromatic amines is 1. The fraction of sp³-hybridized carbons (Fsp3) is 0.600. The van der Waals surface area contributed by atoms with Gasteiger partial charge in [0.05, 0.1) is 10.9 Å². The summed E-state index contributed by atoms with van der Waals surface area (Å²) in [6.07, 6.45) is 3.02. The third kappa shape index (κ3) is 4.25. The highest BCUT2D eigenvalue weighted by Crippen LogP contribution is 2.22. The van der Waals surface area contributed by atoms with Gasteiger partial charge < -0.3 is 4.98 Å². The molecule has 0 aliphatic heterocycles. The van der Waals surface area contributed by atoms with E-state index in [4.69, 9.17) is 5.84 Å². The van der Waals surface area contributed by atoms with E-state index in [-0.39, 0.29) is 11.2 Å². The molecule has 96 valence electrons. The van der Waals surface area contributed by atoms with Crippen molar-refractivity contribution in [3.63, 3.8) is 0 Å². The molecule has 1 heterocycles. The van der Waals surface area contributed by atoms with E-state index in [1.807, 2.05) is 6.92 Å². The first-order valence-corrected chi connectivity index (χ1v) is 7.57. The molecule has 0 fully saturated rings. The maximum atomic E-state index is 11.3. The predicted molar refractivity (Wildman–Crippen MR) is 73.1 cm³/mol. The van der Waals surface area contributed by atoms with E-state index in [1.165, 1.54) is 11.8 Å². The van der Waals surface area contributed by atoms with Gasteiger partial charge >= 0.3 is 0 Å². The van der Waals surface area contributed by atoms with Gasteiger partial charge in [-0.1, -0.05) is 11.8 Å². The highest BCUT2D eigenvalue weighted by Gasteiger charge is 2.16. The van der Waals surface area contributed by atoms with Gasteiger partial charge in [-0.2, -0.15) is 11.8 Å². The number of imidazole rings is 1. The zero-order chi connectivity index (χ0) is 12.8. The van der Waals surface area contributed by atoms with Crippen molar-refractivity contribution >= 4 is 29.4 Å². The van der Waals surface area contributed by atoms with Gasteiger partial charge in [-0.25, -0.2) is 10.8 Å². The molecular formula is C10H18N4OS2. The summed E-state index contributed by atoms with van der Waals surface area (Å²) in [5.41, 5.74) is 4.28. The first-order valence-electron chi connectivity index (χ1n) is 5.30. The van der Waals surface area contributed by atoms with Crippen molar-refractivity contribution in [1.29, 1.82) is 0 Å². The second-order valence-corrected chi connectivity index (χ2v) is 5.94. The van der Waals surface area contributed by atoms with Crippen molar-refractivity contribution in [3.05, 3.63) is 11.4 Å². The topological polar surface area (TPSA) is 83.8 Å². The van der Waals surface area contributed by atoms with E-state index >= 15 is 0 Å². The Bertz CT molecular complexity index is 380. The number of hydrogen-bond donors (Lipinski definition) is 3. The third-order valence-corrected chi connectivity index (χ3v) is 3.90. The van der Waals surface area contributed by atoms with Gasteiger partial charge in [-0.3, -0.25) is 10.2 Å². The molecule has 0 aromatic carbocycles. The zero-order valence-corrected chi connectivity index (χ0v) is 11.9. The van der Waals surface area contributed by atoms with Crippen LogP contribution in [0.1, 0.15) is 18.3 Å². The number of nitrogens with two attached hydrogens (primary N) is 1. The summed E-state index contributed by atoms with van der Waals surface area (Å²) in [5.74, 6) is 5.93. The van der Waals surface area contributed by atoms with Crippen molar-refractivity contribution in [1.82, 2.24) is 15.4 Å². The van der Waals surface area contributed by atoms with Gasteiger partial charge in [0, 0.05) is 12.1 Å². The Kier molecular flexibility index (Phi) is 5.87. The third-order valence-electron chi connectivity index (χ3n) is 2.31. The maximum Gasteiger partial charge on any atom is 0.247 e. The second-order valence-electron chi connectivity index (χ2n) is 3.63. The van der Waals surface area contributed by atoms with Crippen LogP contribution in [0.5, 0.6) is 0 Å². The Balaban J connectivity index is 2.63. The molecule has 1 aromatic rings. The van der Waals surface area contributed by atoms with Crippen molar-refractivity contribution in [2.75, 3.05) is 12.0 Å². The number of H-pyrrole nitrogens is 1. The van der Waals surface area contributed by atoms with Crippen LogP contribution in [-0.2, 0) is 11.2 Å². The molecule has 1 unspecified atom stereocenters. The maximum absolute atomic E-state index is 11.3. The molecule has 0 aliphatic rings. The number of carbonyl (C=O) groups is 1. The molecule has 5 nitrogen and oxygen atoms in total. The molecule has 0 saturated heterocycles. The van der Waals surface area contributed by atoms with E-state index < -0.39 is 0 Å². The number of nitrogens with zero attached hydrogens (tertiary/aromatic N) is 1. The zero-order valence-electron chi connectivity index (χ0n) is 10.2. The van der Waals surface area contributed by atoms with Gasteiger partial charge in [0.1, 0.15) is 0 Å². The minimum Gasteiger partial charge on any atom is -0.337 e. The van der Waals surface area contributed by atoms with Crippen molar-refractivity contribution in [2.45, 2.75) is 30.7 Å². The number of aromatic nitrogens is 2. The van der Waals surface area contributed by atoms with Crippen LogP contribution in [0.2, 0.25) is 0 Å². The van der Waals surface area contributed by atoms with Gasteiger partial charge in [0.25, 0.3) is 0 Å². The summed E-state index contributed by atoms with van der Waals surface area (Å²) in [7, 11) is 0. The lowest BCUT2D eigenvalue weighted by atomic mass is 10.3. The van der Waals surface area contributed by atoms with Crippen LogP contribution in [0, 0.1) is 6.92 Å². The normalized spacial score (nSPS) is 12.5. The van der Waals surface area contributed by atoms with E-state index in [2.05, 4.69) is 21.6 Å². The first-order chi connectivity index (χ1) is 8.08. The number of nitrogens with one attached hydrogen (secondary N) is 2. The minimum absolute atomic E-state index is 0.199. The minimum atomic E-state index is -0.251. The number of rotatable bonds is 6. The molecule has 0 spiro atoms. The van der Waals surface area contributed by atoms with E-state index in [0.29, 0.717) is 0 Å². The van der Waals surface area contributed by atoms with E-state index in [0.717, 1.165) is 28.7 Å². The quantitative estimate of drug-likeness (QED) is 0.313. The highest BCUT2D eigenvalue weighted by molar-refractivity contribution is 8.00. The number of thioether (sulfide) groups is 2. The van der Waals surface area contributed by atoms with Gasteiger partial charge in [-0.15, -0.1) is 0 Å². The first kappa shape index (κ1) is 14.4. The predicted octanol–water partition coefficient (Wildman–Crippen LogP) is 1.09. The van der Waals surface area contributed by atoms with Crippen LogP contribution in [0.4, 0.5) is 0 Å². The summed E-state index contributed by atoms with van der Waals surface area (Å²) in [4.78, 5) is 18.9. The number of aryl methyl sites for hydroxylation is 2. The van der Waals surface area contributed by atoms with Gasteiger partial charge in [-0.05, 0) is 25.9 Å². The summed E-state index contributed by atoms with van der Waals surface area (Å²) in [6, 6.07) is 0. The van der Waals surface area contributed by atoms with Crippen LogP contribution in [-0.4, -0.2) is 33.1 Å². The molecule has 0 radical (unpaired) electrons. The largest absolute Gasteiger partial charge is 0.337 e. The Morgan fingerprint density at radius 3 is 2.94 bits per heavy atom. The van der Waals surface area contributed by atoms with Crippen molar-refractivity contribution < 1.29 is 4.79 Å². The van der Waals surface area contributed by atoms with E-state index in [1.54, 1.807) is 18.7 Å². The van der Waals surface area contributed by atoms with Crippen LogP contribution >= 0.6 is 23.5 Å². The number of amides is 1. The van der Waals surface area contributed by atoms with Crippen LogP contribution in [0.25, 0.3) is 0 Å². The molecule has 1 aromatic heterocycles. The number of hydrogen-bond acceptors (Lipinski definition) is 5. The summed E-state index contributed by atoms with van der Waals surface area (Å²) < 4.78 is 0. The molecule has 4 N–H and O–H groups in total. The molecule has 1 amide bonds. The Hall–Kier alpha value is -0.660. The number of hydrazine groups is 1. The van der Waals surface area contributed by atoms with Gasteiger partial charge in [0.2, 0.25) is 5.91 Å². The van der Waals surface area contributed by atoms with Crippen LogP contribution < -0.4 is 11.3 Å². The van der Waals surface area contributed by atoms with Crippen molar-refractivity contribution in [2.24, 2.45) is 5.84 Å². The fourth-order valence-corrected chi connectivity index (χ4v) is 2.59. The fourth-order valence-electron chi connectivity index (χ4n) is 1.30. The molecule has 0 aliphatic carbocycles. The van der Waals surface area contributed by atoms with Crippen LogP contribution in [0.15, 0.2) is 5.16 Å². The molecule has 1 rings (SSSR count). The molecule has 0 saturated carbocycles. The lowest BCUT2D eigenvalue weighted by molar-refractivity contribution is -0.120. The standard InChI is InChI=1S/C10H18N4OS2/c1-6-8(4-5-16-3)13-10(12-6)17-7(2)9(15)14-11/h7H,4-5,11H2,1-3H3,(H,12,13)(H,14,15). The summed E-state index contributed by atoms with van der Waals surface area (Å²) in [5, 5.41) is 0.522. The van der Waals surface area contributed by atoms with Gasteiger partial charge in [0.15, 0.2) is 5.16 Å². The average Bonchev–Trinajstić information content (AvgIpc) is 2.65. The van der Waals surface area contributed by atoms with Crippen LogP contribution in [0.3, 0.4) is 0 Å². The monoisotopic (exact) mass is 274 g/mol. The van der Waals surface area contributed by atoms with E-state index in [9.17, 15) is 4.79 Å². The lowest BCUT2D eigenvalue weighted by Gasteiger charge is -2.06. The lowest BCUT2D eigenvalue weighted by Crippen LogP contribution is -2.36. The molecule has 17 heavy (non-hydrogen) atoms. The second kappa shape index (κ2) is 6.93.